The van der Waals surface area contributed by atoms with E-state index < -0.39 is 11.6 Å². The van der Waals surface area contributed by atoms with Crippen molar-refractivity contribution in [3.05, 3.63) is 53.7 Å². The van der Waals surface area contributed by atoms with Gasteiger partial charge in [0, 0.05) is 43.9 Å². The number of rotatable bonds is 4. The number of nitriles is 1. The van der Waals surface area contributed by atoms with Gasteiger partial charge in [0.05, 0.1) is 23.4 Å². The van der Waals surface area contributed by atoms with Gasteiger partial charge in [-0.25, -0.2) is 0 Å². The number of benzene rings is 1. The molecule has 0 bridgehead atoms. The lowest BCUT2D eigenvalue weighted by Crippen LogP contribution is -2.51. The van der Waals surface area contributed by atoms with Crippen LogP contribution in [0.3, 0.4) is 0 Å². The Bertz CT molecular complexity index is 1020. The van der Waals surface area contributed by atoms with E-state index in [4.69, 9.17) is 5.26 Å². The van der Waals surface area contributed by atoms with Gasteiger partial charge in [0.15, 0.2) is 0 Å². The van der Waals surface area contributed by atoms with Crippen LogP contribution in [0.15, 0.2) is 42.6 Å². The van der Waals surface area contributed by atoms with Crippen molar-refractivity contribution in [2.45, 2.75) is 69.2 Å². The number of hydrogen-bond donors (Lipinski definition) is 1. The molecule has 2 aliphatic heterocycles. The topological polar surface area (TPSA) is 80.5 Å². The zero-order chi connectivity index (χ0) is 22.1. The first-order valence-corrected chi connectivity index (χ1v) is 11.8. The van der Waals surface area contributed by atoms with Crippen LogP contribution in [0.1, 0.15) is 56.1 Å². The van der Waals surface area contributed by atoms with Gasteiger partial charge in [-0.1, -0.05) is 37.5 Å². The number of aliphatic hydroxyl groups is 1. The molecule has 1 aliphatic carbocycles. The first-order chi connectivity index (χ1) is 15.6. The van der Waals surface area contributed by atoms with E-state index in [0.29, 0.717) is 31.1 Å². The van der Waals surface area contributed by atoms with Crippen molar-refractivity contribution in [3.8, 4) is 17.3 Å². The van der Waals surface area contributed by atoms with Crippen LogP contribution in [-0.2, 0) is 11.3 Å². The molecule has 1 aromatic heterocycles. The van der Waals surface area contributed by atoms with Gasteiger partial charge >= 0.3 is 0 Å². The van der Waals surface area contributed by atoms with E-state index in [-0.39, 0.29) is 5.91 Å². The van der Waals surface area contributed by atoms with E-state index in [2.05, 4.69) is 20.9 Å². The molecule has 6 heteroatoms. The fourth-order valence-electron chi connectivity index (χ4n) is 5.89. The lowest BCUT2D eigenvalue weighted by Gasteiger charge is -2.36. The van der Waals surface area contributed by atoms with Gasteiger partial charge in [0.25, 0.3) is 0 Å². The summed E-state index contributed by atoms with van der Waals surface area (Å²) in [5, 5.41) is 19.6. The zero-order valence-corrected chi connectivity index (χ0v) is 18.4. The third-order valence-corrected chi connectivity index (χ3v) is 7.54. The van der Waals surface area contributed by atoms with Gasteiger partial charge in [-0.15, -0.1) is 0 Å². The molecule has 1 N–H and O–H groups in total. The Morgan fingerprint density at radius 2 is 2.03 bits per heavy atom. The zero-order valence-electron chi connectivity index (χ0n) is 18.4. The van der Waals surface area contributed by atoms with Crippen molar-refractivity contribution >= 4 is 5.91 Å². The molecule has 2 atom stereocenters. The molecular formula is C26H30N4O2. The molecule has 0 radical (unpaired) electrons. The molecule has 3 heterocycles. The summed E-state index contributed by atoms with van der Waals surface area (Å²) >= 11 is 0. The van der Waals surface area contributed by atoms with Crippen LogP contribution in [-0.4, -0.2) is 56.6 Å². The number of hydrogen-bond acceptors (Lipinski definition) is 5. The predicted molar refractivity (Wildman–Crippen MR) is 121 cm³/mol. The van der Waals surface area contributed by atoms with Crippen LogP contribution in [0, 0.1) is 11.3 Å². The quantitative estimate of drug-likeness (QED) is 0.803. The minimum atomic E-state index is -0.573. The number of β-amino-alcohol motifs (C(OH)–C–C–N with tert-alkyl or cyclic N) is 1. The van der Waals surface area contributed by atoms with Gasteiger partial charge in [-0.05, 0) is 43.0 Å². The fourth-order valence-corrected chi connectivity index (χ4v) is 5.89. The summed E-state index contributed by atoms with van der Waals surface area (Å²) in [7, 11) is 0. The molecule has 0 unspecified atom stereocenters. The molecule has 3 fully saturated rings. The second kappa shape index (κ2) is 8.65. The molecule has 2 saturated heterocycles. The molecule has 2 aromatic rings. The highest BCUT2D eigenvalue weighted by Crippen LogP contribution is 2.42. The normalized spacial score (nSPS) is 26.7. The van der Waals surface area contributed by atoms with Crippen LogP contribution in [0.4, 0.5) is 0 Å². The highest BCUT2D eigenvalue weighted by molar-refractivity contribution is 5.89. The van der Waals surface area contributed by atoms with Crippen LogP contribution in [0.2, 0.25) is 0 Å². The number of nitrogens with zero attached hydrogens (tertiary/aromatic N) is 4. The third-order valence-electron chi connectivity index (χ3n) is 7.54. The van der Waals surface area contributed by atoms with Gasteiger partial charge < -0.3 is 10.0 Å². The molecule has 5 rings (SSSR count). The van der Waals surface area contributed by atoms with Gasteiger partial charge in [0.2, 0.25) is 5.91 Å². The van der Waals surface area contributed by atoms with Crippen molar-refractivity contribution in [2.75, 3.05) is 13.1 Å². The number of amides is 1. The van der Waals surface area contributed by atoms with Crippen molar-refractivity contribution in [1.29, 1.82) is 5.26 Å². The Hall–Kier alpha value is -2.75. The Morgan fingerprint density at radius 1 is 1.19 bits per heavy atom. The Labute approximate surface area is 189 Å². The highest BCUT2D eigenvalue weighted by Gasteiger charge is 2.56. The van der Waals surface area contributed by atoms with E-state index in [1.54, 1.807) is 6.07 Å². The largest absolute Gasteiger partial charge is 0.392 e. The van der Waals surface area contributed by atoms with E-state index >= 15 is 0 Å². The Balaban J connectivity index is 1.33. The molecule has 1 aromatic carbocycles. The second-order valence-corrected chi connectivity index (χ2v) is 9.55. The van der Waals surface area contributed by atoms with E-state index in [1.807, 2.05) is 36.5 Å². The van der Waals surface area contributed by atoms with E-state index in [0.717, 1.165) is 42.6 Å². The molecule has 1 saturated carbocycles. The summed E-state index contributed by atoms with van der Waals surface area (Å²) < 4.78 is 0. The lowest BCUT2D eigenvalue weighted by molar-refractivity contribution is -0.139. The van der Waals surface area contributed by atoms with Gasteiger partial charge in [0.1, 0.15) is 5.54 Å². The Kier molecular flexibility index (Phi) is 5.71. The maximum absolute atomic E-state index is 13.6. The predicted octanol–water partition coefficient (Wildman–Crippen LogP) is 3.49. The van der Waals surface area contributed by atoms with Crippen LogP contribution < -0.4 is 0 Å². The lowest BCUT2D eigenvalue weighted by atomic mass is 9.92. The molecular weight excluding hydrogens is 400 g/mol. The fraction of sp³-hybridized carbons (Fsp3) is 0.500. The average molecular weight is 431 g/mol. The number of likely N-dealkylation sites (tertiary alicyclic amines) is 2. The number of aromatic nitrogens is 1. The van der Waals surface area contributed by atoms with Crippen molar-refractivity contribution in [3.63, 3.8) is 0 Å². The highest BCUT2D eigenvalue weighted by atomic mass is 16.3. The van der Waals surface area contributed by atoms with Crippen molar-refractivity contribution in [2.24, 2.45) is 0 Å². The third kappa shape index (κ3) is 3.80. The monoisotopic (exact) mass is 430 g/mol. The molecule has 32 heavy (non-hydrogen) atoms. The van der Waals surface area contributed by atoms with Crippen LogP contribution in [0.5, 0.6) is 0 Å². The van der Waals surface area contributed by atoms with Gasteiger partial charge in [-0.2, -0.15) is 5.26 Å². The van der Waals surface area contributed by atoms with Crippen molar-refractivity contribution in [1.82, 2.24) is 14.8 Å². The summed E-state index contributed by atoms with van der Waals surface area (Å²) in [6, 6.07) is 14.0. The van der Waals surface area contributed by atoms with E-state index in [1.165, 1.54) is 19.3 Å². The minimum absolute atomic E-state index is 0.221. The summed E-state index contributed by atoms with van der Waals surface area (Å²) in [5.41, 5.74) is 2.81. The summed E-state index contributed by atoms with van der Waals surface area (Å²) in [4.78, 5) is 22.5. The number of carbonyl (C=O) groups is 1. The molecule has 1 amide bonds. The number of carbonyl (C=O) groups excluding carboxylic acids is 1. The van der Waals surface area contributed by atoms with Crippen LogP contribution >= 0.6 is 0 Å². The van der Waals surface area contributed by atoms with Crippen LogP contribution in [0.25, 0.3) is 11.3 Å². The standard InChI is InChI=1S/C26H30N4O2/c27-15-19-5-4-6-21(13-19)24-10-9-20(16-28-24)17-29-18-23(31)14-26(29)11-12-30(25(26)32)22-7-2-1-3-8-22/h4-6,9-10,13,16,22-23,31H,1-3,7-8,11-12,14,17-18H2/t23-,26+/m1/s1. The number of aliphatic hydroxyl groups excluding tert-OH is 1. The smallest absolute Gasteiger partial charge is 0.243 e. The van der Waals surface area contributed by atoms with E-state index in [9.17, 15) is 9.90 Å². The maximum atomic E-state index is 13.6. The summed E-state index contributed by atoms with van der Waals surface area (Å²) in [6.07, 6.45) is 8.64. The first-order valence-electron chi connectivity index (χ1n) is 11.8. The average Bonchev–Trinajstić information content (AvgIpc) is 3.33. The first kappa shape index (κ1) is 21.1. The summed E-state index contributed by atoms with van der Waals surface area (Å²) in [5.74, 6) is 0.221. The maximum Gasteiger partial charge on any atom is 0.243 e. The second-order valence-electron chi connectivity index (χ2n) is 9.55. The molecule has 6 nitrogen and oxygen atoms in total. The molecule has 166 valence electrons. The number of pyridine rings is 1. The summed E-state index contributed by atoms with van der Waals surface area (Å²) in [6.45, 7) is 1.93. The Morgan fingerprint density at radius 3 is 2.78 bits per heavy atom. The molecule has 1 spiro atoms. The van der Waals surface area contributed by atoms with Gasteiger partial charge in [-0.3, -0.25) is 14.7 Å². The minimum Gasteiger partial charge on any atom is -0.392 e. The van der Waals surface area contributed by atoms with Crippen molar-refractivity contribution < 1.29 is 9.90 Å². The SMILES string of the molecule is N#Cc1cccc(-c2ccc(CN3C[C@H](O)C[C@]34CCN(C3CCCCC3)C4=O)cn2)c1. The molecule has 3 aliphatic rings.